The van der Waals surface area contributed by atoms with Gasteiger partial charge in [-0.1, -0.05) is 12.1 Å². The molecule has 0 heterocycles. The quantitative estimate of drug-likeness (QED) is 0.812. The second-order valence-corrected chi connectivity index (χ2v) is 4.45. The molecule has 19 heavy (non-hydrogen) atoms. The molecule has 98 valence electrons. The predicted octanol–water partition coefficient (Wildman–Crippen LogP) is 3.28. The van der Waals surface area contributed by atoms with Crippen molar-refractivity contribution < 1.29 is 9.18 Å². The highest BCUT2D eigenvalue weighted by Gasteiger charge is 2.11. The van der Waals surface area contributed by atoms with Crippen LogP contribution in [0.2, 0.25) is 0 Å². The van der Waals surface area contributed by atoms with E-state index in [9.17, 15) is 9.18 Å². The highest BCUT2D eigenvalue weighted by molar-refractivity contribution is 6.08. The van der Waals surface area contributed by atoms with Crippen molar-refractivity contribution in [3.05, 3.63) is 58.9 Å². The van der Waals surface area contributed by atoms with Crippen LogP contribution >= 0.6 is 0 Å². The molecule has 2 aromatic rings. The SMILES string of the molecule is Cc1cc(NC(=O)c2cccc(C)c2N)ccc1F. The Bertz CT molecular complexity index is 638. The monoisotopic (exact) mass is 258 g/mol. The third kappa shape index (κ3) is 2.73. The molecule has 0 bridgehead atoms. The highest BCUT2D eigenvalue weighted by Crippen LogP contribution is 2.19. The largest absolute Gasteiger partial charge is 0.398 e. The van der Waals surface area contributed by atoms with Gasteiger partial charge in [0.25, 0.3) is 5.91 Å². The Morgan fingerprint density at radius 2 is 1.89 bits per heavy atom. The van der Waals surface area contributed by atoms with E-state index in [1.165, 1.54) is 12.1 Å². The first kappa shape index (κ1) is 13.1. The number of carbonyl (C=O) groups is 1. The lowest BCUT2D eigenvalue weighted by atomic mass is 10.1. The zero-order chi connectivity index (χ0) is 14.0. The molecular weight excluding hydrogens is 243 g/mol. The van der Waals surface area contributed by atoms with Gasteiger partial charge in [0.2, 0.25) is 0 Å². The van der Waals surface area contributed by atoms with E-state index < -0.39 is 0 Å². The zero-order valence-corrected chi connectivity index (χ0v) is 10.8. The van der Waals surface area contributed by atoms with Crippen molar-refractivity contribution in [1.82, 2.24) is 0 Å². The summed E-state index contributed by atoms with van der Waals surface area (Å²) in [6.45, 7) is 3.49. The lowest BCUT2D eigenvalue weighted by Crippen LogP contribution is -2.14. The van der Waals surface area contributed by atoms with Crippen LogP contribution in [-0.4, -0.2) is 5.91 Å². The van der Waals surface area contributed by atoms with E-state index in [4.69, 9.17) is 5.73 Å². The summed E-state index contributed by atoms with van der Waals surface area (Å²) < 4.78 is 13.1. The van der Waals surface area contributed by atoms with Gasteiger partial charge in [-0.25, -0.2) is 4.39 Å². The van der Waals surface area contributed by atoms with Crippen molar-refractivity contribution in [2.24, 2.45) is 0 Å². The molecule has 4 heteroatoms. The van der Waals surface area contributed by atoms with E-state index in [0.29, 0.717) is 22.5 Å². The topological polar surface area (TPSA) is 55.1 Å². The molecule has 0 aliphatic carbocycles. The number of aryl methyl sites for hydroxylation is 2. The van der Waals surface area contributed by atoms with E-state index in [1.54, 1.807) is 25.1 Å². The molecule has 0 aliphatic rings. The summed E-state index contributed by atoms with van der Waals surface area (Å²) in [6, 6.07) is 9.70. The number of hydrogen-bond acceptors (Lipinski definition) is 2. The number of hydrogen-bond donors (Lipinski definition) is 2. The minimum absolute atomic E-state index is 0.298. The number of amides is 1. The number of nitrogen functional groups attached to an aromatic ring is 1. The van der Waals surface area contributed by atoms with Gasteiger partial charge < -0.3 is 11.1 Å². The fourth-order valence-corrected chi connectivity index (χ4v) is 1.80. The average Bonchev–Trinajstić information content (AvgIpc) is 2.37. The number of nitrogens with one attached hydrogen (secondary N) is 1. The fourth-order valence-electron chi connectivity index (χ4n) is 1.80. The van der Waals surface area contributed by atoms with Crippen LogP contribution in [0.15, 0.2) is 36.4 Å². The molecule has 1 amide bonds. The van der Waals surface area contributed by atoms with Crippen molar-refractivity contribution in [3.63, 3.8) is 0 Å². The minimum atomic E-state index is -0.299. The Morgan fingerprint density at radius 3 is 2.58 bits per heavy atom. The summed E-state index contributed by atoms with van der Waals surface area (Å²) in [7, 11) is 0. The number of para-hydroxylation sites is 1. The molecule has 0 unspecified atom stereocenters. The highest BCUT2D eigenvalue weighted by atomic mass is 19.1. The van der Waals surface area contributed by atoms with Gasteiger partial charge in [-0.3, -0.25) is 4.79 Å². The Labute approximate surface area is 111 Å². The van der Waals surface area contributed by atoms with E-state index >= 15 is 0 Å². The number of nitrogens with two attached hydrogens (primary N) is 1. The lowest BCUT2D eigenvalue weighted by Gasteiger charge is -2.10. The molecule has 0 fully saturated rings. The van der Waals surface area contributed by atoms with Gasteiger partial charge in [0.1, 0.15) is 5.82 Å². The molecular formula is C15H15FN2O. The molecule has 0 radical (unpaired) electrons. The Kier molecular flexibility index (Phi) is 3.51. The molecule has 0 spiro atoms. The summed E-state index contributed by atoms with van der Waals surface area (Å²) in [5.74, 6) is -0.597. The van der Waals surface area contributed by atoms with E-state index in [1.807, 2.05) is 13.0 Å². The predicted molar refractivity (Wildman–Crippen MR) is 74.7 cm³/mol. The third-order valence-corrected chi connectivity index (χ3v) is 2.98. The van der Waals surface area contributed by atoms with E-state index in [2.05, 4.69) is 5.32 Å². The third-order valence-electron chi connectivity index (χ3n) is 2.98. The normalized spacial score (nSPS) is 10.3. The van der Waals surface area contributed by atoms with Crippen molar-refractivity contribution in [2.45, 2.75) is 13.8 Å². The molecule has 0 aliphatic heterocycles. The summed E-state index contributed by atoms with van der Waals surface area (Å²) in [6.07, 6.45) is 0. The van der Waals surface area contributed by atoms with Crippen molar-refractivity contribution in [3.8, 4) is 0 Å². The van der Waals surface area contributed by atoms with Crippen molar-refractivity contribution >= 4 is 17.3 Å². The minimum Gasteiger partial charge on any atom is -0.398 e. The number of rotatable bonds is 2. The summed E-state index contributed by atoms with van der Waals surface area (Å²) >= 11 is 0. The smallest absolute Gasteiger partial charge is 0.257 e. The maximum Gasteiger partial charge on any atom is 0.257 e. The zero-order valence-electron chi connectivity index (χ0n) is 10.8. The van der Waals surface area contributed by atoms with Crippen molar-refractivity contribution in [2.75, 3.05) is 11.1 Å². The molecule has 2 aromatic carbocycles. The van der Waals surface area contributed by atoms with Gasteiger partial charge in [-0.15, -0.1) is 0 Å². The van der Waals surface area contributed by atoms with Crippen LogP contribution in [0.3, 0.4) is 0 Å². The van der Waals surface area contributed by atoms with Gasteiger partial charge in [-0.05, 0) is 49.2 Å². The molecule has 0 saturated heterocycles. The summed E-state index contributed by atoms with van der Waals surface area (Å²) in [5, 5.41) is 2.71. The van der Waals surface area contributed by atoms with Crippen LogP contribution in [-0.2, 0) is 0 Å². The van der Waals surface area contributed by atoms with Crippen LogP contribution in [0.5, 0.6) is 0 Å². The van der Waals surface area contributed by atoms with E-state index in [-0.39, 0.29) is 11.7 Å². The second-order valence-electron chi connectivity index (χ2n) is 4.45. The second kappa shape index (κ2) is 5.10. The first-order valence-corrected chi connectivity index (χ1v) is 5.91. The first-order chi connectivity index (χ1) is 8.99. The summed E-state index contributed by atoms with van der Waals surface area (Å²) in [4.78, 5) is 12.1. The molecule has 3 nitrogen and oxygen atoms in total. The molecule has 0 aromatic heterocycles. The molecule has 3 N–H and O–H groups in total. The van der Waals surface area contributed by atoms with Crippen LogP contribution < -0.4 is 11.1 Å². The van der Waals surface area contributed by atoms with Crippen LogP contribution in [0, 0.1) is 19.7 Å². The van der Waals surface area contributed by atoms with Crippen LogP contribution in [0.4, 0.5) is 15.8 Å². The maximum absolute atomic E-state index is 13.1. The average molecular weight is 258 g/mol. The number of halogens is 1. The Hall–Kier alpha value is -2.36. The van der Waals surface area contributed by atoms with Gasteiger partial charge in [-0.2, -0.15) is 0 Å². The Balaban J connectivity index is 2.26. The van der Waals surface area contributed by atoms with Gasteiger partial charge >= 0.3 is 0 Å². The van der Waals surface area contributed by atoms with Crippen molar-refractivity contribution in [1.29, 1.82) is 0 Å². The lowest BCUT2D eigenvalue weighted by molar-refractivity contribution is 0.102. The standard InChI is InChI=1S/C15H15FN2O/c1-9-4-3-5-12(14(9)17)15(19)18-11-6-7-13(16)10(2)8-11/h3-8H,17H2,1-2H3,(H,18,19). The van der Waals surface area contributed by atoms with Crippen LogP contribution in [0.1, 0.15) is 21.5 Å². The Morgan fingerprint density at radius 1 is 1.16 bits per heavy atom. The number of anilines is 2. The van der Waals surface area contributed by atoms with Gasteiger partial charge in [0.15, 0.2) is 0 Å². The number of benzene rings is 2. The van der Waals surface area contributed by atoms with Crippen LogP contribution in [0.25, 0.3) is 0 Å². The maximum atomic E-state index is 13.1. The molecule has 0 saturated carbocycles. The van der Waals surface area contributed by atoms with Gasteiger partial charge in [0, 0.05) is 11.4 Å². The molecule has 0 atom stereocenters. The fraction of sp³-hybridized carbons (Fsp3) is 0.133. The van der Waals surface area contributed by atoms with Gasteiger partial charge in [0.05, 0.1) is 5.56 Å². The van der Waals surface area contributed by atoms with E-state index in [0.717, 1.165) is 5.56 Å². The molecule has 2 rings (SSSR count). The first-order valence-electron chi connectivity index (χ1n) is 5.91. The number of carbonyl (C=O) groups excluding carboxylic acids is 1. The summed E-state index contributed by atoms with van der Waals surface area (Å²) in [5.41, 5.74) is 8.62.